The lowest BCUT2D eigenvalue weighted by atomic mass is 10.2. The predicted octanol–water partition coefficient (Wildman–Crippen LogP) is 3.79. The molecule has 0 bridgehead atoms. The summed E-state index contributed by atoms with van der Waals surface area (Å²) < 4.78 is 0. The second kappa shape index (κ2) is 10.3. The lowest BCUT2D eigenvalue weighted by molar-refractivity contribution is 0.0537. The maximum Gasteiger partial charge on any atom is 0.274 e. The van der Waals surface area contributed by atoms with Crippen molar-refractivity contribution in [3.63, 3.8) is 0 Å². The Hall–Kier alpha value is -3.60. The molecule has 0 aliphatic heterocycles. The molecule has 0 saturated carbocycles. The second-order valence-corrected chi connectivity index (χ2v) is 8.61. The van der Waals surface area contributed by atoms with Crippen molar-refractivity contribution in [3.8, 4) is 0 Å². The van der Waals surface area contributed by atoms with Crippen LogP contribution in [0.3, 0.4) is 0 Å². The highest BCUT2D eigenvalue weighted by Crippen LogP contribution is 2.27. The van der Waals surface area contributed by atoms with Crippen LogP contribution in [0.2, 0.25) is 0 Å². The zero-order valence-electron chi connectivity index (χ0n) is 18.6. The summed E-state index contributed by atoms with van der Waals surface area (Å²) in [6, 6.07) is 15.1. The highest BCUT2D eigenvalue weighted by molar-refractivity contribution is 7.21. The Morgan fingerprint density at radius 1 is 1.12 bits per heavy atom. The predicted molar refractivity (Wildman–Crippen MR) is 131 cm³/mol. The minimum atomic E-state index is -0.299. The Balaban J connectivity index is 1.43. The van der Waals surface area contributed by atoms with E-state index in [1.807, 2.05) is 50.5 Å². The maximum atomic E-state index is 11.9. The Kier molecular flexibility index (Phi) is 7.08. The standard InChI is InChI=1S/C23H25N7O2S/c1-30(2)14-15-9-10-24-20(11-15)28-23-27-19-8-7-18(26-22(19)33-23)13-25-17-6-4-5-16(12-17)21(31)29-32-3/h4-12,25H,13-14H2,1-3H3,(H,29,31)(H,24,27,28). The molecule has 0 aliphatic carbocycles. The average Bonchev–Trinajstić information content (AvgIpc) is 3.19. The molecule has 3 aromatic heterocycles. The fourth-order valence-corrected chi connectivity index (χ4v) is 4.10. The van der Waals surface area contributed by atoms with E-state index in [2.05, 4.69) is 35.8 Å². The van der Waals surface area contributed by atoms with Gasteiger partial charge in [0.1, 0.15) is 16.2 Å². The molecule has 33 heavy (non-hydrogen) atoms. The van der Waals surface area contributed by atoms with Gasteiger partial charge in [-0.15, -0.1) is 0 Å². The molecule has 170 valence electrons. The first-order valence-electron chi connectivity index (χ1n) is 10.3. The Labute approximate surface area is 195 Å². The number of benzene rings is 1. The molecule has 3 heterocycles. The number of pyridine rings is 2. The van der Waals surface area contributed by atoms with Gasteiger partial charge in [0, 0.05) is 24.0 Å². The van der Waals surface area contributed by atoms with Gasteiger partial charge in [-0.25, -0.2) is 20.4 Å². The smallest absolute Gasteiger partial charge is 0.274 e. The molecule has 10 heteroatoms. The summed E-state index contributed by atoms with van der Waals surface area (Å²) in [6.45, 7) is 1.36. The molecule has 0 fully saturated rings. The zero-order valence-corrected chi connectivity index (χ0v) is 19.4. The third-order valence-corrected chi connectivity index (χ3v) is 5.54. The first kappa shape index (κ1) is 22.6. The van der Waals surface area contributed by atoms with Crippen molar-refractivity contribution in [2.24, 2.45) is 0 Å². The number of carbonyl (C=O) groups is 1. The molecule has 0 radical (unpaired) electrons. The molecule has 0 aliphatic rings. The lowest BCUT2D eigenvalue weighted by Gasteiger charge is -2.10. The third-order valence-electron chi connectivity index (χ3n) is 4.66. The fraction of sp³-hybridized carbons (Fsp3) is 0.217. The van der Waals surface area contributed by atoms with Gasteiger partial charge in [0.25, 0.3) is 5.91 Å². The van der Waals surface area contributed by atoms with Gasteiger partial charge in [-0.3, -0.25) is 9.63 Å². The number of nitrogens with one attached hydrogen (secondary N) is 3. The number of thiazole rings is 1. The molecule has 0 saturated heterocycles. The van der Waals surface area contributed by atoms with Gasteiger partial charge in [-0.05, 0) is 62.1 Å². The lowest BCUT2D eigenvalue weighted by Crippen LogP contribution is -2.21. The Bertz CT molecular complexity index is 1260. The van der Waals surface area contributed by atoms with Crippen LogP contribution in [0.1, 0.15) is 21.6 Å². The number of hydrogen-bond donors (Lipinski definition) is 3. The van der Waals surface area contributed by atoms with E-state index in [0.29, 0.717) is 12.1 Å². The summed E-state index contributed by atoms with van der Waals surface area (Å²) >= 11 is 1.48. The first-order valence-corrected chi connectivity index (χ1v) is 11.1. The van der Waals surface area contributed by atoms with Crippen LogP contribution in [-0.2, 0) is 17.9 Å². The topological polar surface area (TPSA) is 104 Å². The average molecular weight is 464 g/mol. The van der Waals surface area contributed by atoms with E-state index < -0.39 is 0 Å². The highest BCUT2D eigenvalue weighted by atomic mass is 32.1. The quantitative estimate of drug-likeness (QED) is 0.322. The molecule has 4 aromatic rings. The van der Waals surface area contributed by atoms with E-state index >= 15 is 0 Å². The van der Waals surface area contributed by atoms with E-state index in [9.17, 15) is 4.79 Å². The zero-order chi connectivity index (χ0) is 23.2. The molecule has 4 rings (SSSR count). The number of aromatic nitrogens is 3. The number of amides is 1. The number of rotatable bonds is 9. The van der Waals surface area contributed by atoms with Crippen molar-refractivity contribution < 1.29 is 9.63 Å². The van der Waals surface area contributed by atoms with Gasteiger partial charge in [0.05, 0.1) is 19.3 Å². The SMILES string of the molecule is CONC(=O)c1cccc(NCc2ccc3nc(Nc4cc(CN(C)C)ccn4)sc3n2)c1. The number of nitrogens with zero attached hydrogens (tertiary/aromatic N) is 4. The van der Waals surface area contributed by atoms with Crippen LogP contribution < -0.4 is 16.1 Å². The molecule has 3 N–H and O–H groups in total. The van der Waals surface area contributed by atoms with Gasteiger partial charge >= 0.3 is 0 Å². The Morgan fingerprint density at radius 3 is 2.82 bits per heavy atom. The number of anilines is 3. The molecule has 0 atom stereocenters. The van der Waals surface area contributed by atoms with E-state index in [-0.39, 0.29) is 5.91 Å². The van der Waals surface area contributed by atoms with E-state index in [0.717, 1.165) is 39.2 Å². The maximum absolute atomic E-state index is 11.9. The third kappa shape index (κ3) is 6.01. The van der Waals surface area contributed by atoms with E-state index in [4.69, 9.17) is 4.98 Å². The van der Waals surface area contributed by atoms with Crippen LogP contribution in [0, 0.1) is 0 Å². The number of carbonyl (C=O) groups excluding carboxylic acids is 1. The van der Waals surface area contributed by atoms with Crippen LogP contribution in [0.25, 0.3) is 10.3 Å². The number of hydroxylamine groups is 1. The van der Waals surface area contributed by atoms with Gasteiger partial charge in [-0.1, -0.05) is 17.4 Å². The van der Waals surface area contributed by atoms with Crippen LogP contribution >= 0.6 is 11.3 Å². The van der Waals surface area contributed by atoms with E-state index in [1.54, 1.807) is 18.3 Å². The number of fused-ring (bicyclic) bond motifs is 1. The van der Waals surface area contributed by atoms with Crippen molar-refractivity contribution in [1.82, 2.24) is 25.3 Å². The van der Waals surface area contributed by atoms with Gasteiger partial charge < -0.3 is 15.5 Å². The van der Waals surface area contributed by atoms with Crippen molar-refractivity contribution >= 4 is 44.2 Å². The minimum Gasteiger partial charge on any atom is -0.379 e. The normalized spacial score (nSPS) is 11.0. The van der Waals surface area contributed by atoms with Crippen LogP contribution in [-0.4, -0.2) is 47.0 Å². The summed E-state index contributed by atoms with van der Waals surface area (Å²) in [7, 11) is 5.48. The molecule has 0 unspecified atom stereocenters. The monoisotopic (exact) mass is 463 g/mol. The first-order chi connectivity index (χ1) is 16.0. The van der Waals surface area contributed by atoms with Gasteiger partial charge in [0.2, 0.25) is 0 Å². The van der Waals surface area contributed by atoms with Crippen molar-refractivity contribution in [1.29, 1.82) is 0 Å². The number of hydrogen-bond acceptors (Lipinski definition) is 9. The Morgan fingerprint density at radius 2 is 2.00 bits per heavy atom. The summed E-state index contributed by atoms with van der Waals surface area (Å²) in [5.74, 6) is 0.458. The molecule has 9 nitrogen and oxygen atoms in total. The molecule has 1 aromatic carbocycles. The summed E-state index contributed by atoms with van der Waals surface area (Å²) in [4.78, 5) is 33.3. The summed E-state index contributed by atoms with van der Waals surface area (Å²) in [6.07, 6.45) is 1.80. The van der Waals surface area contributed by atoms with E-state index in [1.165, 1.54) is 24.0 Å². The molecular weight excluding hydrogens is 438 g/mol. The highest BCUT2D eigenvalue weighted by Gasteiger charge is 2.09. The van der Waals surface area contributed by atoms with Crippen LogP contribution in [0.5, 0.6) is 0 Å². The van der Waals surface area contributed by atoms with Crippen LogP contribution in [0.15, 0.2) is 54.7 Å². The van der Waals surface area contributed by atoms with Crippen molar-refractivity contribution in [2.75, 3.05) is 31.8 Å². The second-order valence-electron chi connectivity index (χ2n) is 7.63. The summed E-state index contributed by atoms with van der Waals surface area (Å²) in [5.41, 5.74) is 6.51. The minimum absolute atomic E-state index is 0.299. The molecular formula is C23H25N7O2S. The van der Waals surface area contributed by atoms with Gasteiger partial charge in [-0.2, -0.15) is 0 Å². The van der Waals surface area contributed by atoms with Crippen molar-refractivity contribution in [3.05, 3.63) is 71.5 Å². The largest absolute Gasteiger partial charge is 0.379 e. The fourth-order valence-electron chi connectivity index (χ4n) is 3.24. The van der Waals surface area contributed by atoms with Gasteiger partial charge in [0.15, 0.2) is 5.13 Å². The van der Waals surface area contributed by atoms with Crippen LogP contribution in [0.4, 0.5) is 16.6 Å². The molecule has 1 amide bonds. The summed E-state index contributed by atoms with van der Waals surface area (Å²) in [5, 5.41) is 7.33. The molecule has 0 spiro atoms. The van der Waals surface area contributed by atoms with Crippen molar-refractivity contribution in [2.45, 2.75) is 13.1 Å².